The van der Waals surface area contributed by atoms with Gasteiger partial charge < -0.3 is 14.6 Å². The zero-order valence-electron chi connectivity index (χ0n) is 14.9. The second-order valence-corrected chi connectivity index (χ2v) is 6.75. The number of hydrogen-bond donors (Lipinski definition) is 0. The van der Waals surface area contributed by atoms with E-state index in [0.29, 0.717) is 12.5 Å². The van der Waals surface area contributed by atoms with E-state index in [-0.39, 0.29) is 24.1 Å². The van der Waals surface area contributed by atoms with E-state index in [1.807, 2.05) is 36.1 Å². The van der Waals surface area contributed by atoms with Crippen LogP contribution < -0.4 is 4.90 Å². The summed E-state index contributed by atoms with van der Waals surface area (Å²) in [6.45, 7) is 6.29. The van der Waals surface area contributed by atoms with Gasteiger partial charge in [-0.3, -0.25) is 9.59 Å². The molecule has 6 heteroatoms. The number of nitrogens with zero attached hydrogens (tertiary/aromatic N) is 3. The van der Waals surface area contributed by atoms with Gasteiger partial charge in [0, 0.05) is 25.2 Å². The zero-order chi connectivity index (χ0) is 17.8. The summed E-state index contributed by atoms with van der Waals surface area (Å²) >= 11 is 0. The third kappa shape index (κ3) is 3.67. The topological polar surface area (TPSA) is 62.2 Å². The van der Waals surface area contributed by atoms with Crippen LogP contribution in [0.15, 0.2) is 29.4 Å². The standard InChI is InChI=1S/C19H25N3O3/c1-3-10-22-16-7-5-4-6-15(16)18(19(22)24)20-25-13-17(23)21-11-8-14(2)9-12-21/h4-7,14H,3,8-13H2,1-2H3. The van der Waals surface area contributed by atoms with E-state index in [0.717, 1.165) is 43.6 Å². The van der Waals surface area contributed by atoms with Gasteiger partial charge in [-0.05, 0) is 31.2 Å². The molecule has 2 aliphatic rings. The van der Waals surface area contributed by atoms with E-state index in [1.54, 1.807) is 4.90 Å². The van der Waals surface area contributed by atoms with E-state index in [4.69, 9.17) is 4.84 Å². The van der Waals surface area contributed by atoms with Crippen LogP contribution in [-0.2, 0) is 14.4 Å². The van der Waals surface area contributed by atoms with Gasteiger partial charge in [0.15, 0.2) is 12.3 Å². The van der Waals surface area contributed by atoms with E-state index >= 15 is 0 Å². The summed E-state index contributed by atoms with van der Waals surface area (Å²) in [4.78, 5) is 33.6. The molecule has 0 saturated carbocycles. The summed E-state index contributed by atoms with van der Waals surface area (Å²) in [7, 11) is 0. The van der Waals surface area contributed by atoms with Gasteiger partial charge in [0.25, 0.3) is 11.8 Å². The number of piperidine rings is 1. The van der Waals surface area contributed by atoms with E-state index in [9.17, 15) is 9.59 Å². The molecule has 1 aromatic carbocycles. The molecular weight excluding hydrogens is 318 g/mol. The largest absolute Gasteiger partial charge is 0.385 e. The number of rotatable bonds is 5. The van der Waals surface area contributed by atoms with Gasteiger partial charge in [0.1, 0.15) is 0 Å². The highest BCUT2D eigenvalue weighted by molar-refractivity contribution is 6.54. The maximum Gasteiger partial charge on any atom is 0.281 e. The van der Waals surface area contributed by atoms with Crippen molar-refractivity contribution in [1.82, 2.24) is 4.90 Å². The average molecular weight is 343 g/mol. The van der Waals surface area contributed by atoms with Crippen molar-refractivity contribution in [2.45, 2.75) is 33.1 Å². The Bertz CT molecular complexity index is 678. The second-order valence-electron chi connectivity index (χ2n) is 6.75. The molecule has 0 N–H and O–H groups in total. The quantitative estimate of drug-likeness (QED) is 0.772. The molecule has 25 heavy (non-hydrogen) atoms. The van der Waals surface area contributed by atoms with Crippen molar-refractivity contribution in [1.29, 1.82) is 0 Å². The van der Waals surface area contributed by atoms with Crippen LogP contribution in [0.3, 0.4) is 0 Å². The highest BCUT2D eigenvalue weighted by atomic mass is 16.6. The summed E-state index contributed by atoms with van der Waals surface area (Å²) in [5.74, 6) is 0.435. The number of benzene rings is 1. The zero-order valence-corrected chi connectivity index (χ0v) is 14.9. The lowest BCUT2D eigenvalue weighted by Gasteiger charge is -2.29. The Balaban J connectivity index is 1.65. The predicted molar refractivity (Wildman–Crippen MR) is 96.6 cm³/mol. The van der Waals surface area contributed by atoms with Gasteiger partial charge in [0.2, 0.25) is 0 Å². The predicted octanol–water partition coefficient (Wildman–Crippen LogP) is 2.42. The van der Waals surface area contributed by atoms with Gasteiger partial charge in [0.05, 0.1) is 5.69 Å². The van der Waals surface area contributed by atoms with Crippen molar-refractivity contribution in [3.05, 3.63) is 29.8 Å². The molecule has 1 fully saturated rings. The first kappa shape index (κ1) is 17.5. The number of fused-ring (bicyclic) bond motifs is 1. The normalized spacial score (nSPS) is 19.4. The van der Waals surface area contributed by atoms with Crippen LogP contribution >= 0.6 is 0 Å². The Morgan fingerprint density at radius 1 is 1.28 bits per heavy atom. The minimum Gasteiger partial charge on any atom is -0.385 e. The molecule has 1 aromatic rings. The molecule has 0 unspecified atom stereocenters. The highest BCUT2D eigenvalue weighted by Crippen LogP contribution is 2.29. The van der Waals surface area contributed by atoms with Gasteiger partial charge in [-0.2, -0.15) is 0 Å². The average Bonchev–Trinajstić information content (AvgIpc) is 2.88. The van der Waals surface area contributed by atoms with Crippen LogP contribution in [0.5, 0.6) is 0 Å². The molecule has 2 heterocycles. The third-order valence-electron chi connectivity index (χ3n) is 4.83. The van der Waals surface area contributed by atoms with Crippen molar-refractivity contribution in [2.75, 3.05) is 31.1 Å². The molecular formula is C19H25N3O3. The first-order valence-electron chi connectivity index (χ1n) is 9.00. The van der Waals surface area contributed by atoms with Gasteiger partial charge in [-0.25, -0.2) is 0 Å². The molecule has 3 rings (SSSR count). The van der Waals surface area contributed by atoms with Crippen LogP contribution in [0, 0.1) is 5.92 Å². The number of anilines is 1. The fourth-order valence-corrected chi connectivity index (χ4v) is 3.30. The van der Waals surface area contributed by atoms with Crippen LogP contribution in [0.1, 0.15) is 38.7 Å². The SMILES string of the molecule is CCCN1C(=O)C(=NOCC(=O)N2CCC(C)CC2)c2ccccc21. The summed E-state index contributed by atoms with van der Waals surface area (Å²) in [5.41, 5.74) is 1.90. The first-order valence-corrected chi connectivity index (χ1v) is 9.00. The van der Waals surface area contributed by atoms with Crippen molar-refractivity contribution in [2.24, 2.45) is 11.1 Å². The minimum atomic E-state index is -0.165. The Hall–Kier alpha value is -2.37. The summed E-state index contributed by atoms with van der Waals surface area (Å²) in [6.07, 6.45) is 2.91. The molecule has 0 bridgehead atoms. The van der Waals surface area contributed by atoms with Crippen LogP contribution in [0.2, 0.25) is 0 Å². The smallest absolute Gasteiger partial charge is 0.281 e. The number of amides is 2. The monoisotopic (exact) mass is 343 g/mol. The molecule has 0 atom stereocenters. The number of hydrogen-bond acceptors (Lipinski definition) is 4. The molecule has 1 saturated heterocycles. The lowest BCUT2D eigenvalue weighted by Crippen LogP contribution is -2.39. The Labute approximate surface area is 148 Å². The maximum absolute atomic E-state index is 12.6. The first-order chi connectivity index (χ1) is 12.1. The number of oxime groups is 1. The molecule has 0 aromatic heterocycles. The Morgan fingerprint density at radius 3 is 2.72 bits per heavy atom. The lowest BCUT2D eigenvalue weighted by atomic mass is 9.99. The van der Waals surface area contributed by atoms with Crippen molar-refractivity contribution in [3.63, 3.8) is 0 Å². The second kappa shape index (κ2) is 7.68. The van der Waals surface area contributed by atoms with Gasteiger partial charge >= 0.3 is 0 Å². The number of carbonyl (C=O) groups is 2. The third-order valence-corrected chi connectivity index (χ3v) is 4.83. The molecule has 2 amide bonds. The summed E-state index contributed by atoms with van der Waals surface area (Å²) in [6, 6.07) is 7.54. The fourth-order valence-electron chi connectivity index (χ4n) is 3.30. The van der Waals surface area contributed by atoms with E-state index in [1.165, 1.54) is 0 Å². The number of likely N-dealkylation sites (tertiary alicyclic amines) is 1. The summed E-state index contributed by atoms with van der Waals surface area (Å²) in [5, 5.41) is 4.01. The van der Waals surface area contributed by atoms with Crippen LogP contribution in [0.25, 0.3) is 0 Å². The van der Waals surface area contributed by atoms with Crippen molar-refractivity contribution >= 4 is 23.2 Å². The Kier molecular flexibility index (Phi) is 5.36. The lowest BCUT2D eigenvalue weighted by molar-refractivity contribution is -0.137. The van der Waals surface area contributed by atoms with Crippen molar-refractivity contribution < 1.29 is 14.4 Å². The number of para-hydroxylation sites is 1. The highest BCUT2D eigenvalue weighted by Gasteiger charge is 2.33. The Morgan fingerprint density at radius 2 is 2.00 bits per heavy atom. The van der Waals surface area contributed by atoms with Crippen LogP contribution in [0.4, 0.5) is 5.69 Å². The molecule has 0 radical (unpaired) electrons. The molecule has 6 nitrogen and oxygen atoms in total. The fraction of sp³-hybridized carbons (Fsp3) is 0.526. The minimum absolute atomic E-state index is 0.0691. The maximum atomic E-state index is 12.6. The molecule has 0 aliphatic carbocycles. The molecule has 134 valence electrons. The molecule has 0 spiro atoms. The van der Waals surface area contributed by atoms with Gasteiger partial charge in [-0.15, -0.1) is 0 Å². The van der Waals surface area contributed by atoms with E-state index < -0.39 is 0 Å². The van der Waals surface area contributed by atoms with Gasteiger partial charge in [-0.1, -0.05) is 37.2 Å². The summed E-state index contributed by atoms with van der Waals surface area (Å²) < 4.78 is 0. The molecule has 2 aliphatic heterocycles. The number of carbonyl (C=O) groups excluding carboxylic acids is 2. The van der Waals surface area contributed by atoms with Crippen molar-refractivity contribution in [3.8, 4) is 0 Å². The van der Waals surface area contributed by atoms with Crippen LogP contribution in [-0.4, -0.2) is 48.7 Å². The van der Waals surface area contributed by atoms with E-state index in [2.05, 4.69) is 12.1 Å².